The van der Waals surface area contributed by atoms with Crippen molar-refractivity contribution >= 4 is 5.78 Å². The van der Waals surface area contributed by atoms with Crippen LogP contribution in [-0.4, -0.2) is 36.9 Å². The van der Waals surface area contributed by atoms with E-state index in [1.165, 1.54) is 25.9 Å². The van der Waals surface area contributed by atoms with E-state index in [9.17, 15) is 4.79 Å². The predicted molar refractivity (Wildman–Crippen MR) is 76.8 cm³/mol. The summed E-state index contributed by atoms with van der Waals surface area (Å²) in [5.74, 6) is 1.67. The Morgan fingerprint density at radius 2 is 2.32 bits per heavy atom. The zero-order valence-corrected chi connectivity index (χ0v) is 11.9. The van der Waals surface area contributed by atoms with Crippen molar-refractivity contribution in [3.63, 3.8) is 0 Å². The number of carbonyl (C=O) groups excluding carboxylic acids is 1. The Morgan fingerprint density at radius 1 is 1.47 bits per heavy atom. The Bertz CT molecular complexity index is 431. The zero-order chi connectivity index (χ0) is 13.7. The minimum atomic E-state index is 0.0790. The van der Waals surface area contributed by atoms with Crippen molar-refractivity contribution in [2.45, 2.75) is 26.7 Å². The molecular weight excluding hydrogens is 238 g/mol. The Labute approximate surface area is 115 Å². The summed E-state index contributed by atoms with van der Waals surface area (Å²) >= 11 is 0. The van der Waals surface area contributed by atoms with Crippen LogP contribution in [0.5, 0.6) is 5.75 Å². The summed E-state index contributed by atoms with van der Waals surface area (Å²) in [4.78, 5) is 13.8. The number of rotatable bonds is 5. The molecule has 1 aromatic rings. The first-order valence-electron chi connectivity index (χ1n) is 7.11. The zero-order valence-electron chi connectivity index (χ0n) is 11.9. The van der Waals surface area contributed by atoms with Crippen LogP contribution in [0.3, 0.4) is 0 Å². The van der Waals surface area contributed by atoms with E-state index in [1.807, 2.05) is 24.3 Å². The fourth-order valence-electron chi connectivity index (χ4n) is 2.59. The summed E-state index contributed by atoms with van der Waals surface area (Å²) in [5.41, 5.74) is 0.712. The molecule has 0 radical (unpaired) electrons. The van der Waals surface area contributed by atoms with Crippen LogP contribution in [0.2, 0.25) is 0 Å². The predicted octanol–water partition coefficient (Wildman–Crippen LogP) is 3.00. The molecule has 1 fully saturated rings. The number of ketones is 1. The summed E-state index contributed by atoms with van der Waals surface area (Å²) in [6.07, 6.45) is 2.64. The molecule has 1 unspecified atom stereocenters. The number of Topliss-reactive ketones (excluding diaryl/α,β-unsaturated/α-hetero) is 1. The molecule has 0 spiro atoms. The molecule has 0 N–H and O–H groups in total. The van der Waals surface area contributed by atoms with Gasteiger partial charge in [-0.2, -0.15) is 0 Å². The monoisotopic (exact) mass is 261 g/mol. The van der Waals surface area contributed by atoms with E-state index in [0.717, 1.165) is 18.2 Å². The molecule has 1 atom stereocenters. The Morgan fingerprint density at radius 3 is 3.05 bits per heavy atom. The molecule has 19 heavy (non-hydrogen) atoms. The molecule has 1 aliphatic heterocycles. The fourth-order valence-corrected chi connectivity index (χ4v) is 2.59. The summed E-state index contributed by atoms with van der Waals surface area (Å²) in [5, 5.41) is 0. The topological polar surface area (TPSA) is 29.5 Å². The third-order valence-electron chi connectivity index (χ3n) is 3.66. The van der Waals surface area contributed by atoms with Crippen LogP contribution < -0.4 is 4.74 Å². The van der Waals surface area contributed by atoms with Gasteiger partial charge >= 0.3 is 0 Å². The Hall–Kier alpha value is -1.35. The standard InChI is InChI=1S/C16H23NO2/c1-13-5-4-8-17(12-13)9-10-19-16-7-3-6-15(11-16)14(2)18/h3,6-7,11,13H,4-5,8-10,12H2,1-2H3. The second kappa shape index (κ2) is 6.71. The van der Waals surface area contributed by atoms with Gasteiger partial charge in [0.25, 0.3) is 0 Å². The number of piperidine rings is 1. The van der Waals surface area contributed by atoms with Crippen molar-refractivity contribution in [2.75, 3.05) is 26.2 Å². The quantitative estimate of drug-likeness (QED) is 0.763. The van der Waals surface area contributed by atoms with Crippen molar-refractivity contribution in [1.29, 1.82) is 0 Å². The summed E-state index contributed by atoms with van der Waals surface area (Å²) in [6.45, 7) is 7.90. The van der Waals surface area contributed by atoms with Crippen LogP contribution in [0.25, 0.3) is 0 Å². The largest absolute Gasteiger partial charge is 0.492 e. The molecule has 1 saturated heterocycles. The minimum Gasteiger partial charge on any atom is -0.492 e. The molecule has 1 heterocycles. The molecule has 104 valence electrons. The second-order valence-corrected chi connectivity index (χ2v) is 5.48. The fraction of sp³-hybridized carbons (Fsp3) is 0.562. The smallest absolute Gasteiger partial charge is 0.159 e. The highest BCUT2D eigenvalue weighted by Gasteiger charge is 2.15. The van der Waals surface area contributed by atoms with Gasteiger partial charge in [0.15, 0.2) is 5.78 Å². The highest BCUT2D eigenvalue weighted by atomic mass is 16.5. The molecule has 3 heteroatoms. The maximum Gasteiger partial charge on any atom is 0.159 e. The lowest BCUT2D eigenvalue weighted by Gasteiger charge is -2.30. The molecule has 0 bridgehead atoms. The lowest BCUT2D eigenvalue weighted by atomic mass is 10.0. The Balaban J connectivity index is 1.79. The van der Waals surface area contributed by atoms with E-state index in [-0.39, 0.29) is 5.78 Å². The number of hydrogen-bond donors (Lipinski definition) is 0. The minimum absolute atomic E-state index is 0.0790. The van der Waals surface area contributed by atoms with Gasteiger partial charge in [-0.25, -0.2) is 0 Å². The third-order valence-corrected chi connectivity index (χ3v) is 3.66. The molecule has 3 nitrogen and oxygen atoms in total. The maximum absolute atomic E-state index is 11.3. The van der Waals surface area contributed by atoms with E-state index in [0.29, 0.717) is 12.2 Å². The van der Waals surface area contributed by atoms with Gasteiger partial charge in [0.05, 0.1) is 0 Å². The summed E-state index contributed by atoms with van der Waals surface area (Å²) in [6, 6.07) is 7.42. The molecule has 0 saturated carbocycles. The van der Waals surface area contributed by atoms with E-state index >= 15 is 0 Å². The van der Waals surface area contributed by atoms with Gasteiger partial charge in [0, 0.05) is 18.7 Å². The molecule has 1 aliphatic rings. The van der Waals surface area contributed by atoms with Crippen molar-refractivity contribution in [2.24, 2.45) is 5.92 Å². The van der Waals surface area contributed by atoms with Crippen molar-refractivity contribution in [3.05, 3.63) is 29.8 Å². The molecule has 1 aromatic carbocycles. The lowest BCUT2D eigenvalue weighted by Crippen LogP contribution is -2.37. The molecule has 0 amide bonds. The van der Waals surface area contributed by atoms with Gasteiger partial charge in [0.1, 0.15) is 12.4 Å². The maximum atomic E-state index is 11.3. The molecular formula is C16H23NO2. The number of hydrogen-bond acceptors (Lipinski definition) is 3. The normalized spacial score (nSPS) is 20.2. The molecule has 0 aliphatic carbocycles. The van der Waals surface area contributed by atoms with Crippen molar-refractivity contribution < 1.29 is 9.53 Å². The van der Waals surface area contributed by atoms with E-state index in [2.05, 4.69) is 11.8 Å². The number of ether oxygens (including phenoxy) is 1. The molecule has 2 rings (SSSR count). The summed E-state index contributed by atoms with van der Waals surface area (Å²) in [7, 11) is 0. The number of nitrogens with zero attached hydrogens (tertiary/aromatic N) is 1. The molecule has 0 aromatic heterocycles. The van der Waals surface area contributed by atoms with Crippen molar-refractivity contribution in [3.8, 4) is 5.75 Å². The van der Waals surface area contributed by atoms with Crippen LogP contribution in [0, 0.1) is 5.92 Å². The van der Waals surface area contributed by atoms with Gasteiger partial charge in [0.2, 0.25) is 0 Å². The first kappa shape index (κ1) is 14.1. The third kappa shape index (κ3) is 4.35. The SMILES string of the molecule is CC(=O)c1cccc(OCCN2CCCC(C)C2)c1. The van der Waals surface area contributed by atoms with E-state index < -0.39 is 0 Å². The second-order valence-electron chi connectivity index (χ2n) is 5.48. The van der Waals surface area contributed by atoms with Crippen LogP contribution >= 0.6 is 0 Å². The highest BCUT2D eigenvalue weighted by Crippen LogP contribution is 2.16. The van der Waals surface area contributed by atoms with Gasteiger partial charge in [-0.05, 0) is 44.4 Å². The average Bonchev–Trinajstić information content (AvgIpc) is 2.39. The van der Waals surface area contributed by atoms with Crippen LogP contribution in [0.1, 0.15) is 37.0 Å². The van der Waals surface area contributed by atoms with Gasteiger partial charge in [-0.1, -0.05) is 19.1 Å². The number of benzene rings is 1. The van der Waals surface area contributed by atoms with E-state index in [1.54, 1.807) is 6.92 Å². The van der Waals surface area contributed by atoms with Crippen LogP contribution in [0.4, 0.5) is 0 Å². The first-order valence-corrected chi connectivity index (χ1v) is 7.11. The van der Waals surface area contributed by atoms with Gasteiger partial charge in [-0.3, -0.25) is 9.69 Å². The number of carbonyl (C=O) groups is 1. The van der Waals surface area contributed by atoms with Crippen molar-refractivity contribution in [1.82, 2.24) is 4.90 Å². The Kier molecular flexibility index (Phi) is 4.97. The first-order chi connectivity index (χ1) is 9.15. The van der Waals surface area contributed by atoms with E-state index in [4.69, 9.17) is 4.74 Å². The number of likely N-dealkylation sites (tertiary alicyclic amines) is 1. The van der Waals surface area contributed by atoms with Gasteiger partial charge in [-0.15, -0.1) is 0 Å². The highest BCUT2D eigenvalue weighted by molar-refractivity contribution is 5.94. The van der Waals surface area contributed by atoms with Crippen LogP contribution in [0.15, 0.2) is 24.3 Å². The van der Waals surface area contributed by atoms with Gasteiger partial charge < -0.3 is 4.74 Å². The summed E-state index contributed by atoms with van der Waals surface area (Å²) < 4.78 is 5.74. The van der Waals surface area contributed by atoms with Crippen LogP contribution in [-0.2, 0) is 0 Å². The average molecular weight is 261 g/mol. The lowest BCUT2D eigenvalue weighted by molar-refractivity contribution is 0.101.